The molecular weight excluding hydrogens is 455 g/mol. The number of aromatic nitrogens is 1. The van der Waals surface area contributed by atoms with Crippen molar-refractivity contribution in [3.63, 3.8) is 0 Å². The maximum Gasteiger partial charge on any atom is 0.255 e. The quantitative estimate of drug-likeness (QED) is 0.269. The first-order chi connectivity index (χ1) is 16.2. The van der Waals surface area contributed by atoms with E-state index < -0.39 is 0 Å². The Morgan fingerprint density at radius 3 is 2.18 bits per heavy atom. The van der Waals surface area contributed by atoms with E-state index in [0.29, 0.717) is 17.3 Å². The first kappa shape index (κ1) is 22.9. The van der Waals surface area contributed by atoms with E-state index >= 15 is 0 Å². The Bertz CT molecular complexity index is 1200. The van der Waals surface area contributed by atoms with Gasteiger partial charge in [-0.25, -0.2) is 0 Å². The maximum atomic E-state index is 12.7. The Morgan fingerprint density at radius 2 is 1.48 bits per heavy atom. The molecule has 33 heavy (non-hydrogen) atoms. The first-order valence-corrected chi connectivity index (χ1v) is 11.7. The van der Waals surface area contributed by atoms with Crippen LogP contribution >= 0.6 is 23.2 Å². The Morgan fingerprint density at radius 1 is 0.818 bits per heavy atom. The molecule has 0 spiro atoms. The highest BCUT2D eigenvalue weighted by molar-refractivity contribution is 6.18. The zero-order valence-corrected chi connectivity index (χ0v) is 19.5. The van der Waals surface area contributed by atoms with E-state index in [2.05, 4.69) is 20.5 Å². The Hall–Kier alpha value is -3.28. The van der Waals surface area contributed by atoms with Gasteiger partial charge in [0.1, 0.15) is 0 Å². The van der Waals surface area contributed by atoms with Crippen LogP contribution in [-0.4, -0.2) is 35.7 Å². The third-order valence-corrected chi connectivity index (χ3v) is 5.61. The van der Waals surface area contributed by atoms with Crippen LogP contribution in [0.4, 0.5) is 22.7 Å². The van der Waals surface area contributed by atoms with Gasteiger partial charge in [0.15, 0.2) is 0 Å². The molecule has 0 fully saturated rings. The van der Waals surface area contributed by atoms with Crippen molar-refractivity contribution >= 4 is 62.8 Å². The molecule has 3 aromatic carbocycles. The fraction of sp³-hybridized carbons (Fsp3) is 0.154. The van der Waals surface area contributed by atoms with Gasteiger partial charge in [0, 0.05) is 64.7 Å². The number of carbonyl (C=O) groups is 1. The summed E-state index contributed by atoms with van der Waals surface area (Å²) in [4.78, 5) is 19.2. The van der Waals surface area contributed by atoms with E-state index in [9.17, 15) is 4.79 Å². The summed E-state index contributed by atoms with van der Waals surface area (Å²) < 4.78 is 0. The van der Waals surface area contributed by atoms with Gasteiger partial charge in [-0.3, -0.25) is 9.78 Å². The summed E-state index contributed by atoms with van der Waals surface area (Å²) in [7, 11) is 0. The average Bonchev–Trinajstić information content (AvgIpc) is 2.85. The Kier molecular flexibility index (Phi) is 7.66. The van der Waals surface area contributed by atoms with Crippen LogP contribution in [0.1, 0.15) is 10.4 Å². The normalized spacial score (nSPS) is 10.7. The van der Waals surface area contributed by atoms with Gasteiger partial charge in [-0.15, -0.1) is 23.2 Å². The molecule has 0 unspecified atom stereocenters. The molecule has 0 aliphatic carbocycles. The number of halogens is 2. The zero-order chi connectivity index (χ0) is 23.0. The number of hydrogen-bond donors (Lipinski definition) is 2. The number of carbonyl (C=O) groups excluding carboxylic acids is 1. The SMILES string of the molecule is O=C(Nc1ccc(N(CCCl)CCCl)cc1)c1ccc(Nc2ccnc3ccccc23)cc1. The highest BCUT2D eigenvalue weighted by Gasteiger charge is 2.09. The maximum absolute atomic E-state index is 12.7. The molecule has 0 aliphatic heterocycles. The van der Waals surface area contributed by atoms with E-state index in [0.717, 1.165) is 46.7 Å². The molecule has 0 atom stereocenters. The third-order valence-electron chi connectivity index (χ3n) is 5.27. The largest absolute Gasteiger partial charge is 0.369 e. The second-order valence-corrected chi connectivity index (χ2v) is 8.20. The molecule has 1 amide bonds. The standard InChI is InChI=1S/C26H24Cl2N4O/c27-14-17-32(18-15-28)22-11-9-21(10-12-22)31-26(33)19-5-7-20(8-6-19)30-25-13-16-29-24-4-2-1-3-23(24)25/h1-13,16H,14-15,17-18H2,(H,29,30)(H,31,33). The lowest BCUT2D eigenvalue weighted by atomic mass is 10.1. The molecule has 2 N–H and O–H groups in total. The summed E-state index contributed by atoms with van der Waals surface area (Å²) in [5.74, 6) is 0.886. The predicted molar refractivity (Wildman–Crippen MR) is 140 cm³/mol. The van der Waals surface area contributed by atoms with Gasteiger partial charge in [-0.05, 0) is 60.7 Å². The van der Waals surface area contributed by atoms with Crippen LogP contribution in [0.15, 0.2) is 85.1 Å². The second-order valence-electron chi connectivity index (χ2n) is 7.44. The molecule has 0 radical (unpaired) electrons. The summed E-state index contributed by atoms with van der Waals surface area (Å²) in [6.45, 7) is 1.44. The monoisotopic (exact) mass is 478 g/mol. The highest BCUT2D eigenvalue weighted by Crippen LogP contribution is 2.25. The summed E-state index contributed by atoms with van der Waals surface area (Å²) in [6.07, 6.45) is 1.78. The minimum absolute atomic E-state index is 0.165. The fourth-order valence-corrected chi connectivity index (χ4v) is 4.01. The van der Waals surface area contributed by atoms with Crippen LogP contribution in [0.2, 0.25) is 0 Å². The molecule has 0 aliphatic rings. The predicted octanol–water partition coefficient (Wildman–Crippen LogP) is 6.51. The van der Waals surface area contributed by atoms with Crippen LogP contribution in [0.3, 0.4) is 0 Å². The lowest BCUT2D eigenvalue weighted by Crippen LogP contribution is -2.27. The molecular formula is C26H24Cl2N4O. The first-order valence-electron chi connectivity index (χ1n) is 10.7. The minimum Gasteiger partial charge on any atom is -0.369 e. The van der Waals surface area contributed by atoms with E-state index in [-0.39, 0.29) is 5.91 Å². The molecule has 4 aromatic rings. The van der Waals surface area contributed by atoms with E-state index in [1.807, 2.05) is 66.7 Å². The van der Waals surface area contributed by atoms with Crippen molar-refractivity contribution in [2.45, 2.75) is 0 Å². The molecule has 1 aromatic heterocycles. The minimum atomic E-state index is -0.165. The van der Waals surface area contributed by atoms with Crippen LogP contribution < -0.4 is 15.5 Å². The molecule has 5 nitrogen and oxygen atoms in total. The number of anilines is 4. The number of amides is 1. The van der Waals surface area contributed by atoms with E-state index in [4.69, 9.17) is 23.2 Å². The van der Waals surface area contributed by atoms with E-state index in [1.165, 1.54) is 0 Å². The van der Waals surface area contributed by atoms with Gasteiger partial charge in [0.05, 0.1) is 5.52 Å². The second kappa shape index (κ2) is 11.0. The Labute approximate surface area is 203 Å². The van der Waals surface area contributed by atoms with Crippen molar-refractivity contribution in [1.82, 2.24) is 4.98 Å². The number of pyridine rings is 1. The number of nitrogens with zero attached hydrogens (tertiary/aromatic N) is 2. The third kappa shape index (κ3) is 5.75. The summed E-state index contributed by atoms with van der Waals surface area (Å²) >= 11 is 11.8. The number of alkyl halides is 2. The van der Waals surface area contributed by atoms with E-state index in [1.54, 1.807) is 18.3 Å². The summed E-state index contributed by atoms with van der Waals surface area (Å²) in [5, 5.41) is 7.39. The average molecular weight is 479 g/mol. The number of fused-ring (bicyclic) bond motifs is 1. The lowest BCUT2D eigenvalue weighted by molar-refractivity contribution is 0.102. The van der Waals surface area contributed by atoms with Crippen molar-refractivity contribution in [1.29, 1.82) is 0 Å². The molecule has 4 rings (SSSR count). The van der Waals surface area contributed by atoms with Crippen molar-refractivity contribution in [3.8, 4) is 0 Å². The topological polar surface area (TPSA) is 57.3 Å². The number of hydrogen-bond acceptors (Lipinski definition) is 4. The van der Waals surface area contributed by atoms with Gasteiger partial charge < -0.3 is 15.5 Å². The fourth-order valence-electron chi connectivity index (χ4n) is 3.60. The van der Waals surface area contributed by atoms with Gasteiger partial charge in [-0.2, -0.15) is 0 Å². The number of nitrogens with one attached hydrogen (secondary N) is 2. The number of para-hydroxylation sites is 1. The molecule has 0 saturated carbocycles. The van der Waals surface area contributed by atoms with Gasteiger partial charge in [0.2, 0.25) is 0 Å². The van der Waals surface area contributed by atoms with Crippen molar-refractivity contribution < 1.29 is 4.79 Å². The van der Waals surface area contributed by atoms with Crippen LogP contribution in [0, 0.1) is 0 Å². The molecule has 1 heterocycles. The van der Waals surface area contributed by atoms with Crippen molar-refractivity contribution in [2.24, 2.45) is 0 Å². The smallest absolute Gasteiger partial charge is 0.255 e. The number of rotatable bonds is 9. The van der Waals surface area contributed by atoms with Crippen LogP contribution in [0.5, 0.6) is 0 Å². The lowest BCUT2D eigenvalue weighted by Gasteiger charge is -2.23. The van der Waals surface area contributed by atoms with Crippen molar-refractivity contribution in [2.75, 3.05) is 40.4 Å². The highest BCUT2D eigenvalue weighted by atomic mass is 35.5. The van der Waals surface area contributed by atoms with Crippen molar-refractivity contribution in [3.05, 3.63) is 90.6 Å². The number of benzene rings is 3. The summed E-state index contributed by atoms with van der Waals surface area (Å²) in [6, 6.07) is 25.0. The van der Waals surface area contributed by atoms with Gasteiger partial charge in [0.25, 0.3) is 5.91 Å². The van der Waals surface area contributed by atoms with Crippen LogP contribution in [-0.2, 0) is 0 Å². The zero-order valence-electron chi connectivity index (χ0n) is 18.0. The van der Waals surface area contributed by atoms with Gasteiger partial charge in [-0.1, -0.05) is 18.2 Å². The van der Waals surface area contributed by atoms with Gasteiger partial charge >= 0.3 is 0 Å². The summed E-state index contributed by atoms with van der Waals surface area (Å²) in [5.41, 5.74) is 5.12. The molecule has 7 heteroatoms. The molecule has 0 bridgehead atoms. The molecule has 168 valence electrons. The van der Waals surface area contributed by atoms with Crippen LogP contribution in [0.25, 0.3) is 10.9 Å². The molecule has 0 saturated heterocycles. The Balaban J connectivity index is 1.41.